The Bertz CT molecular complexity index is 2380. The smallest absolute Gasteiger partial charge is 0.326 e. The van der Waals surface area contributed by atoms with E-state index in [0.717, 1.165) is 69.1 Å². The van der Waals surface area contributed by atoms with Crippen molar-refractivity contribution in [3.63, 3.8) is 0 Å². The Labute approximate surface area is 350 Å². The number of carboxylic acids is 1. The Morgan fingerprint density at radius 3 is 2.35 bits per heavy atom. The second-order valence-corrected chi connectivity index (χ2v) is 16.4. The van der Waals surface area contributed by atoms with Crippen LogP contribution in [0.5, 0.6) is 17.2 Å². The minimum Gasteiger partial charge on any atom is -0.490 e. The number of benzene rings is 3. The largest absolute Gasteiger partial charge is 0.490 e. The SMILES string of the molecule is CCC1CCC(Oc2ccc(C3COc4cc5c(cc4O3)CN(C(=O)c3nc(C)oc3C)C(C(=O)NC(Cc3ccc(-c4ccnc(C)c4C)cc3)C(=O)O)C5)cc2)CC1. The van der Waals surface area contributed by atoms with Gasteiger partial charge in [-0.05, 0) is 122 Å². The Morgan fingerprint density at radius 1 is 0.933 bits per heavy atom. The first-order chi connectivity index (χ1) is 28.9. The zero-order valence-electron chi connectivity index (χ0n) is 34.8. The lowest BCUT2D eigenvalue weighted by atomic mass is 9.86. The summed E-state index contributed by atoms with van der Waals surface area (Å²) in [6.07, 6.45) is 7.64. The second kappa shape index (κ2) is 17.2. The van der Waals surface area contributed by atoms with E-state index in [1.807, 2.05) is 80.6 Å². The standard InChI is InChI=1S/C48H52N4O8/c1-6-31-9-15-37(16-10-31)59-38-17-13-34(14-18-38)44-26-57-42-23-35-22-41(52(25-36(35)24-43(42)60-44)47(54)45-29(4)58-30(5)50-45)46(53)51-40(48(55)56)21-32-7-11-33(12-8-32)39-19-20-49-28(3)27(39)2/h7-8,11-14,17-20,23-24,31,37,40-41,44H,6,9-10,15-16,21-22,25-26H2,1-5H3,(H,51,53)(H,55,56). The van der Waals surface area contributed by atoms with Crippen LogP contribution in [0.3, 0.4) is 0 Å². The van der Waals surface area contributed by atoms with Crippen LogP contribution in [-0.2, 0) is 29.0 Å². The van der Waals surface area contributed by atoms with Gasteiger partial charge in [-0.3, -0.25) is 14.6 Å². The lowest BCUT2D eigenvalue weighted by molar-refractivity contribution is -0.142. The predicted octanol–water partition coefficient (Wildman–Crippen LogP) is 8.21. The number of oxazole rings is 1. The van der Waals surface area contributed by atoms with Gasteiger partial charge in [0.15, 0.2) is 29.2 Å². The van der Waals surface area contributed by atoms with E-state index in [1.54, 1.807) is 20.0 Å². The Balaban J connectivity index is 0.991. The maximum atomic E-state index is 14.2. The van der Waals surface area contributed by atoms with Crippen molar-refractivity contribution in [3.8, 4) is 28.4 Å². The van der Waals surface area contributed by atoms with Crippen molar-refractivity contribution in [3.05, 3.63) is 124 Å². The molecule has 12 heteroatoms. The highest BCUT2D eigenvalue weighted by molar-refractivity contribution is 5.98. The van der Waals surface area contributed by atoms with E-state index in [0.29, 0.717) is 23.1 Å². The first-order valence-corrected chi connectivity index (χ1v) is 21.0. The van der Waals surface area contributed by atoms with Gasteiger partial charge in [0.05, 0.1) is 6.10 Å². The molecule has 312 valence electrons. The first kappa shape index (κ1) is 40.6. The molecule has 0 bridgehead atoms. The van der Waals surface area contributed by atoms with E-state index in [-0.39, 0.29) is 43.9 Å². The maximum absolute atomic E-state index is 14.2. The molecule has 3 atom stereocenters. The Morgan fingerprint density at radius 2 is 1.67 bits per heavy atom. The lowest BCUT2D eigenvalue weighted by Gasteiger charge is -2.37. The maximum Gasteiger partial charge on any atom is 0.326 e. The number of fused-ring (bicyclic) bond motifs is 2. The van der Waals surface area contributed by atoms with Gasteiger partial charge in [-0.2, -0.15) is 0 Å². The zero-order valence-corrected chi connectivity index (χ0v) is 34.8. The Hall–Kier alpha value is -6.17. The fraction of sp³-hybridized carbons (Fsp3) is 0.396. The van der Waals surface area contributed by atoms with Crippen LogP contribution >= 0.6 is 0 Å². The third kappa shape index (κ3) is 8.59. The van der Waals surface area contributed by atoms with E-state index >= 15 is 0 Å². The summed E-state index contributed by atoms with van der Waals surface area (Å²) < 4.78 is 24.7. The molecule has 0 saturated heterocycles. The molecule has 0 spiro atoms. The summed E-state index contributed by atoms with van der Waals surface area (Å²) in [4.78, 5) is 51.2. The van der Waals surface area contributed by atoms with Gasteiger partial charge < -0.3 is 34.0 Å². The van der Waals surface area contributed by atoms with Crippen molar-refractivity contribution >= 4 is 17.8 Å². The fourth-order valence-electron chi connectivity index (χ4n) is 8.71. The number of rotatable bonds is 11. The molecule has 2 aliphatic heterocycles. The quantitative estimate of drug-likeness (QED) is 0.133. The number of nitrogens with one attached hydrogen (secondary N) is 1. The molecular formula is C48H52N4O8. The molecule has 3 aliphatic rings. The molecule has 1 saturated carbocycles. The molecule has 2 aromatic heterocycles. The molecule has 4 heterocycles. The number of nitrogens with zero attached hydrogens (tertiary/aromatic N) is 3. The summed E-state index contributed by atoms with van der Waals surface area (Å²) in [6, 6.07) is 19.0. The number of carbonyl (C=O) groups is 3. The van der Waals surface area contributed by atoms with Gasteiger partial charge in [0.1, 0.15) is 30.2 Å². The molecule has 60 heavy (non-hydrogen) atoms. The van der Waals surface area contributed by atoms with Crippen LogP contribution in [0.2, 0.25) is 0 Å². The van der Waals surface area contributed by atoms with Crippen molar-refractivity contribution in [2.75, 3.05) is 6.61 Å². The van der Waals surface area contributed by atoms with Crippen LogP contribution in [0.15, 0.2) is 77.3 Å². The molecule has 1 aliphatic carbocycles. The summed E-state index contributed by atoms with van der Waals surface area (Å²) in [5.74, 6) is 1.12. The van der Waals surface area contributed by atoms with Crippen LogP contribution in [0.4, 0.5) is 0 Å². The topological polar surface area (TPSA) is 153 Å². The normalized spacial score (nSPS) is 20.2. The van der Waals surface area contributed by atoms with Crippen LogP contribution in [0, 0.1) is 33.6 Å². The molecule has 3 aromatic carbocycles. The van der Waals surface area contributed by atoms with Gasteiger partial charge in [0, 0.05) is 38.2 Å². The third-order valence-electron chi connectivity index (χ3n) is 12.4. The minimum absolute atomic E-state index is 0.0457. The van der Waals surface area contributed by atoms with Crippen molar-refractivity contribution < 1.29 is 38.1 Å². The summed E-state index contributed by atoms with van der Waals surface area (Å²) in [6.45, 7) is 9.89. The van der Waals surface area contributed by atoms with Crippen LogP contribution < -0.4 is 19.5 Å². The number of aromatic nitrogens is 2. The van der Waals surface area contributed by atoms with Gasteiger partial charge in [0.2, 0.25) is 5.91 Å². The Kier molecular flexibility index (Phi) is 11.6. The van der Waals surface area contributed by atoms with E-state index in [1.165, 1.54) is 24.2 Å². The average Bonchev–Trinajstić information content (AvgIpc) is 3.60. The van der Waals surface area contributed by atoms with Gasteiger partial charge >= 0.3 is 5.97 Å². The van der Waals surface area contributed by atoms with Crippen LogP contribution in [0.1, 0.15) is 101 Å². The van der Waals surface area contributed by atoms with E-state index in [4.69, 9.17) is 18.6 Å². The number of carbonyl (C=O) groups excluding carboxylic acids is 2. The molecule has 2 N–H and O–H groups in total. The number of hydrogen-bond acceptors (Lipinski definition) is 9. The van der Waals surface area contributed by atoms with E-state index in [2.05, 4.69) is 22.2 Å². The third-order valence-corrected chi connectivity index (χ3v) is 12.4. The molecular weight excluding hydrogens is 761 g/mol. The van der Waals surface area contributed by atoms with Crippen molar-refractivity contribution in [1.29, 1.82) is 0 Å². The molecule has 12 nitrogen and oxygen atoms in total. The molecule has 2 amide bonds. The second-order valence-electron chi connectivity index (χ2n) is 16.4. The summed E-state index contributed by atoms with van der Waals surface area (Å²) >= 11 is 0. The predicted molar refractivity (Wildman–Crippen MR) is 224 cm³/mol. The number of pyridine rings is 1. The summed E-state index contributed by atoms with van der Waals surface area (Å²) in [5.41, 5.74) is 7.41. The molecule has 1 fully saturated rings. The van der Waals surface area contributed by atoms with E-state index < -0.39 is 29.9 Å². The van der Waals surface area contributed by atoms with Gasteiger partial charge in [0.25, 0.3) is 5.91 Å². The number of amides is 2. The molecule has 5 aromatic rings. The van der Waals surface area contributed by atoms with Crippen molar-refractivity contribution in [1.82, 2.24) is 20.2 Å². The van der Waals surface area contributed by atoms with Crippen LogP contribution in [-0.4, -0.2) is 62.6 Å². The monoisotopic (exact) mass is 812 g/mol. The lowest BCUT2D eigenvalue weighted by Crippen LogP contribution is -2.56. The average molecular weight is 813 g/mol. The molecule has 3 unspecified atom stereocenters. The number of carboxylic acid groups (broad SMARTS) is 1. The van der Waals surface area contributed by atoms with Gasteiger partial charge in [-0.15, -0.1) is 0 Å². The van der Waals surface area contributed by atoms with Gasteiger partial charge in [-0.25, -0.2) is 9.78 Å². The number of aryl methyl sites for hydroxylation is 3. The number of ether oxygens (including phenoxy) is 3. The molecule has 8 rings (SSSR count). The van der Waals surface area contributed by atoms with E-state index in [9.17, 15) is 19.5 Å². The highest BCUT2D eigenvalue weighted by Gasteiger charge is 2.39. The minimum atomic E-state index is -1.25. The summed E-state index contributed by atoms with van der Waals surface area (Å²) in [5, 5.41) is 13.1. The molecule has 0 radical (unpaired) electrons. The highest BCUT2D eigenvalue weighted by Crippen LogP contribution is 2.41. The number of aliphatic carboxylic acids is 1. The van der Waals surface area contributed by atoms with Crippen molar-refractivity contribution in [2.24, 2.45) is 5.92 Å². The highest BCUT2D eigenvalue weighted by atomic mass is 16.6. The van der Waals surface area contributed by atoms with Gasteiger partial charge in [-0.1, -0.05) is 49.7 Å². The summed E-state index contributed by atoms with van der Waals surface area (Å²) in [7, 11) is 0. The van der Waals surface area contributed by atoms with Crippen molar-refractivity contribution in [2.45, 2.75) is 110 Å². The number of hydrogen-bond donors (Lipinski definition) is 2. The fourth-order valence-corrected chi connectivity index (χ4v) is 8.71. The zero-order chi connectivity index (χ0) is 42.1. The van der Waals surface area contributed by atoms with Crippen LogP contribution in [0.25, 0.3) is 11.1 Å². The first-order valence-electron chi connectivity index (χ1n) is 21.0.